The smallest absolute Gasteiger partial charge is 0.244 e. The number of thiazole rings is 1. The lowest BCUT2D eigenvalue weighted by atomic mass is 10.2. The summed E-state index contributed by atoms with van der Waals surface area (Å²) in [5.41, 5.74) is 6.44. The van der Waals surface area contributed by atoms with Crippen LogP contribution in [-0.4, -0.2) is 17.5 Å². The molecule has 0 spiro atoms. The number of hydrogen-bond donors (Lipinski definition) is 1. The van der Waals surface area contributed by atoms with Gasteiger partial charge in [0.25, 0.3) is 0 Å². The average molecular weight is 430 g/mol. The molecule has 0 unspecified atom stereocenters. The van der Waals surface area contributed by atoms with Crippen LogP contribution < -0.4 is 15.2 Å². The van der Waals surface area contributed by atoms with Crippen LogP contribution in [0.5, 0.6) is 5.75 Å². The Morgan fingerprint density at radius 2 is 1.55 bits per heavy atom. The largest absolute Gasteiger partial charge is 0.493 e. The fraction of sp³-hybridized carbons (Fsp3) is 0.120. The predicted octanol–water partition coefficient (Wildman–Crippen LogP) is 5.62. The Hall–Kier alpha value is -3.64. The molecule has 0 aliphatic rings. The monoisotopic (exact) mass is 429 g/mol. The third-order valence-corrected chi connectivity index (χ3v) is 5.50. The minimum absolute atomic E-state index is 0.136. The van der Waals surface area contributed by atoms with E-state index in [1.807, 2.05) is 97.2 Å². The summed E-state index contributed by atoms with van der Waals surface area (Å²) in [5.74, 6) is 0.664. The van der Waals surface area contributed by atoms with Gasteiger partial charge in [0.2, 0.25) is 5.91 Å². The number of benzene rings is 3. The molecule has 1 N–H and O–H groups in total. The van der Waals surface area contributed by atoms with Crippen molar-refractivity contribution in [1.82, 2.24) is 10.4 Å². The van der Waals surface area contributed by atoms with E-state index in [9.17, 15) is 4.79 Å². The van der Waals surface area contributed by atoms with E-state index in [-0.39, 0.29) is 12.3 Å². The van der Waals surface area contributed by atoms with Crippen LogP contribution in [-0.2, 0) is 11.2 Å². The summed E-state index contributed by atoms with van der Waals surface area (Å²) < 4.78 is 5.71. The maximum Gasteiger partial charge on any atom is 0.244 e. The van der Waals surface area contributed by atoms with Crippen molar-refractivity contribution in [3.63, 3.8) is 0 Å². The van der Waals surface area contributed by atoms with Crippen molar-refractivity contribution in [3.8, 4) is 16.3 Å². The minimum Gasteiger partial charge on any atom is -0.493 e. The lowest BCUT2D eigenvalue weighted by Crippen LogP contribution is -2.39. The van der Waals surface area contributed by atoms with Crippen LogP contribution in [0.3, 0.4) is 0 Å². The first kappa shape index (κ1) is 20.6. The first-order valence-electron chi connectivity index (χ1n) is 10.1. The number of amides is 1. The number of nitrogens with one attached hydrogen (secondary N) is 1. The highest BCUT2D eigenvalue weighted by Gasteiger charge is 2.16. The molecule has 5 nitrogen and oxygen atoms in total. The lowest BCUT2D eigenvalue weighted by molar-refractivity contribution is -0.120. The Labute approximate surface area is 185 Å². The van der Waals surface area contributed by atoms with Gasteiger partial charge in [0, 0.05) is 5.38 Å². The minimum atomic E-state index is -0.136. The predicted molar refractivity (Wildman–Crippen MR) is 126 cm³/mol. The van der Waals surface area contributed by atoms with Crippen LogP contribution in [0.25, 0.3) is 10.6 Å². The number of nitrogens with zero attached hydrogens (tertiary/aromatic N) is 2. The molecule has 0 fully saturated rings. The molecule has 3 aromatic carbocycles. The molecule has 0 aliphatic carbocycles. The summed E-state index contributed by atoms with van der Waals surface area (Å²) in [5, 5.41) is 4.56. The van der Waals surface area contributed by atoms with Gasteiger partial charge in [-0.2, -0.15) is 0 Å². The number of carbonyl (C=O) groups is 1. The summed E-state index contributed by atoms with van der Waals surface area (Å²) in [6.07, 6.45) is 0.184. The van der Waals surface area contributed by atoms with E-state index >= 15 is 0 Å². The van der Waals surface area contributed by atoms with E-state index in [4.69, 9.17) is 4.74 Å². The second kappa shape index (κ2) is 9.91. The van der Waals surface area contributed by atoms with Gasteiger partial charge in [0.05, 0.1) is 35.7 Å². The third-order valence-electron chi connectivity index (χ3n) is 4.58. The Morgan fingerprint density at radius 1 is 0.935 bits per heavy atom. The Morgan fingerprint density at radius 3 is 2.19 bits per heavy atom. The third kappa shape index (κ3) is 5.10. The molecule has 0 saturated heterocycles. The number of rotatable bonds is 8. The van der Waals surface area contributed by atoms with Gasteiger partial charge < -0.3 is 4.74 Å². The van der Waals surface area contributed by atoms with Crippen LogP contribution in [0, 0.1) is 0 Å². The molecule has 0 radical (unpaired) electrons. The van der Waals surface area contributed by atoms with E-state index in [0.717, 1.165) is 33.4 Å². The number of carbonyl (C=O) groups excluding carboxylic acids is 1. The first-order chi connectivity index (χ1) is 15.2. The Balaban J connectivity index is 1.51. The van der Waals surface area contributed by atoms with Crippen LogP contribution in [0.1, 0.15) is 12.6 Å². The molecular formula is C25H23N3O2S. The van der Waals surface area contributed by atoms with Crippen LogP contribution in [0.4, 0.5) is 11.4 Å². The van der Waals surface area contributed by atoms with Crippen molar-refractivity contribution in [2.45, 2.75) is 13.3 Å². The molecule has 1 amide bonds. The standard InChI is InChI=1S/C25H23N3O2S/c1-2-30-23-16-10-9-15-22(23)25-26-19(18-31-25)17-24(29)27-28(20-11-5-3-6-12-20)21-13-7-4-8-14-21/h3-16,18H,2,17H2,1H3,(H,27,29). The lowest BCUT2D eigenvalue weighted by Gasteiger charge is -2.25. The SMILES string of the molecule is CCOc1ccccc1-c1nc(CC(=O)NN(c2ccccc2)c2ccccc2)cs1. The summed E-state index contributed by atoms with van der Waals surface area (Å²) in [7, 11) is 0. The summed E-state index contributed by atoms with van der Waals surface area (Å²) in [6, 6.07) is 27.3. The van der Waals surface area contributed by atoms with Crippen LogP contribution in [0.15, 0.2) is 90.3 Å². The van der Waals surface area contributed by atoms with Gasteiger partial charge in [-0.25, -0.2) is 4.98 Å². The molecule has 1 aromatic heterocycles. The zero-order valence-corrected chi connectivity index (χ0v) is 18.0. The molecule has 0 bridgehead atoms. The van der Waals surface area contributed by atoms with Gasteiger partial charge in [-0.3, -0.25) is 15.2 Å². The molecule has 0 saturated carbocycles. The van der Waals surface area contributed by atoms with Crippen molar-refractivity contribution in [2.24, 2.45) is 0 Å². The van der Waals surface area contributed by atoms with Gasteiger partial charge in [0.15, 0.2) is 0 Å². The first-order valence-corrected chi connectivity index (χ1v) is 11.0. The van der Waals surface area contributed by atoms with Crippen molar-refractivity contribution >= 4 is 28.6 Å². The zero-order chi connectivity index (χ0) is 21.5. The van der Waals surface area contributed by atoms with Crippen LogP contribution >= 0.6 is 11.3 Å². The number of anilines is 2. The Kier molecular flexibility index (Phi) is 6.59. The average Bonchev–Trinajstić information content (AvgIpc) is 3.27. The van der Waals surface area contributed by atoms with Crippen LogP contribution in [0.2, 0.25) is 0 Å². The Bertz CT molecular complexity index is 1090. The zero-order valence-electron chi connectivity index (χ0n) is 17.2. The second-order valence-corrected chi connectivity index (χ2v) is 7.65. The summed E-state index contributed by atoms with van der Waals surface area (Å²) >= 11 is 1.51. The molecule has 4 rings (SSSR count). The van der Waals surface area contributed by atoms with Gasteiger partial charge in [-0.05, 0) is 43.3 Å². The maximum absolute atomic E-state index is 12.9. The highest BCUT2D eigenvalue weighted by molar-refractivity contribution is 7.13. The van der Waals surface area contributed by atoms with E-state index in [1.165, 1.54) is 11.3 Å². The van der Waals surface area contributed by atoms with Gasteiger partial charge in [-0.15, -0.1) is 11.3 Å². The number of ether oxygens (including phenoxy) is 1. The maximum atomic E-state index is 12.9. The summed E-state index contributed by atoms with van der Waals surface area (Å²) in [6.45, 7) is 2.55. The molecule has 1 heterocycles. The van der Waals surface area contributed by atoms with Crippen molar-refractivity contribution in [2.75, 3.05) is 11.6 Å². The van der Waals surface area contributed by atoms with Crippen molar-refractivity contribution < 1.29 is 9.53 Å². The topological polar surface area (TPSA) is 54.5 Å². The highest BCUT2D eigenvalue weighted by atomic mass is 32.1. The number of para-hydroxylation sites is 3. The molecule has 6 heteroatoms. The van der Waals surface area contributed by atoms with E-state index in [0.29, 0.717) is 6.61 Å². The van der Waals surface area contributed by atoms with Gasteiger partial charge >= 0.3 is 0 Å². The molecule has 0 aliphatic heterocycles. The van der Waals surface area contributed by atoms with E-state index in [2.05, 4.69) is 10.4 Å². The van der Waals surface area contributed by atoms with E-state index in [1.54, 1.807) is 5.01 Å². The molecule has 31 heavy (non-hydrogen) atoms. The van der Waals surface area contributed by atoms with Crippen molar-refractivity contribution in [3.05, 3.63) is 96.0 Å². The molecule has 156 valence electrons. The number of aromatic nitrogens is 1. The van der Waals surface area contributed by atoms with Gasteiger partial charge in [0.1, 0.15) is 10.8 Å². The van der Waals surface area contributed by atoms with E-state index < -0.39 is 0 Å². The molecule has 4 aromatic rings. The molecule has 0 atom stereocenters. The highest BCUT2D eigenvalue weighted by Crippen LogP contribution is 2.32. The summed E-state index contributed by atoms with van der Waals surface area (Å²) in [4.78, 5) is 17.5. The number of hydrogen-bond acceptors (Lipinski definition) is 5. The second-order valence-electron chi connectivity index (χ2n) is 6.79. The molecular weight excluding hydrogens is 406 g/mol. The fourth-order valence-corrected chi connectivity index (χ4v) is 4.05. The number of hydrazine groups is 1. The van der Waals surface area contributed by atoms with Crippen molar-refractivity contribution in [1.29, 1.82) is 0 Å². The normalized spacial score (nSPS) is 10.5. The quantitative estimate of drug-likeness (QED) is 0.369. The fourth-order valence-electron chi connectivity index (χ4n) is 3.20. The van der Waals surface area contributed by atoms with Gasteiger partial charge in [-0.1, -0.05) is 48.5 Å².